The van der Waals surface area contributed by atoms with Crippen molar-refractivity contribution in [1.29, 1.82) is 0 Å². The zero-order valence-electron chi connectivity index (χ0n) is 15.4. The molecule has 1 saturated heterocycles. The van der Waals surface area contributed by atoms with Crippen LogP contribution in [0.3, 0.4) is 0 Å². The van der Waals surface area contributed by atoms with Gasteiger partial charge in [-0.3, -0.25) is 4.90 Å². The Kier molecular flexibility index (Phi) is 6.48. The number of rotatable bonds is 7. The van der Waals surface area contributed by atoms with Crippen LogP contribution >= 0.6 is 0 Å². The third kappa shape index (κ3) is 4.62. The molecule has 3 heteroatoms. The van der Waals surface area contributed by atoms with Crippen molar-refractivity contribution in [3.63, 3.8) is 0 Å². The molecule has 3 nitrogen and oxygen atoms in total. The fourth-order valence-corrected chi connectivity index (χ4v) is 3.64. The van der Waals surface area contributed by atoms with Crippen molar-refractivity contribution in [2.75, 3.05) is 26.2 Å². The monoisotopic (exact) mass is 338 g/mol. The molecule has 0 spiro atoms. The standard InChI is InChI=1S/C22H30N2O/c1-3-18(2)22(24-15-13-23-14-16-24)20-11-7-8-12-21(20)25-17-19-9-5-4-6-10-19/h4-12,18,22-23H,3,13-17H2,1-2H3/t18?,22-/m1/s1. The number of nitrogens with one attached hydrogen (secondary N) is 1. The molecule has 2 atom stereocenters. The van der Waals surface area contributed by atoms with E-state index < -0.39 is 0 Å². The van der Waals surface area contributed by atoms with Crippen LogP contribution in [0.25, 0.3) is 0 Å². The largest absolute Gasteiger partial charge is 0.489 e. The summed E-state index contributed by atoms with van der Waals surface area (Å²) in [6.07, 6.45) is 1.17. The fraction of sp³-hybridized carbons (Fsp3) is 0.455. The van der Waals surface area contributed by atoms with E-state index in [1.807, 2.05) is 6.07 Å². The second kappa shape index (κ2) is 9.02. The summed E-state index contributed by atoms with van der Waals surface area (Å²) in [5.74, 6) is 1.62. The van der Waals surface area contributed by atoms with Crippen LogP contribution in [0, 0.1) is 5.92 Å². The van der Waals surface area contributed by atoms with Crippen LogP contribution in [-0.2, 0) is 6.61 Å². The van der Waals surface area contributed by atoms with Gasteiger partial charge in [-0.15, -0.1) is 0 Å². The predicted octanol–water partition coefficient (Wildman–Crippen LogP) is 4.26. The molecule has 134 valence electrons. The van der Waals surface area contributed by atoms with Gasteiger partial charge in [0.2, 0.25) is 0 Å². The highest BCUT2D eigenvalue weighted by molar-refractivity contribution is 5.37. The molecule has 0 saturated carbocycles. The Morgan fingerprint density at radius 1 is 1.00 bits per heavy atom. The van der Waals surface area contributed by atoms with Crippen LogP contribution in [-0.4, -0.2) is 31.1 Å². The summed E-state index contributed by atoms with van der Waals surface area (Å²) in [4.78, 5) is 2.62. The average molecular weight is 338 g/mol. The molecular weight excluding hydrogens is 308 g/mol. The Balaban J connectivity index is 1.82. The van der Waals surface area contributed by atoms with E-state index in [1.165, 1.54) is 17.5 Å². The topological polar surface area (TPSA) is 24.5 Å². The quantitative estimate of drug-likeness (QED) is 0.816. The van der Waals surface area contributed by atoms with Gasteiger partial charge in [-0.25, -0.2) is 0 Å². The summed E-state index contributed by atoms with van der Waals surface area (Å²) < 4.78 is 6.25. The maximum atomic E-state index is 6.25. The van der Waals surface area contributed by atoms with Crippen molar-refractivity contribution in [2.24, 2.45) is 5.92 Å². The van der Waals surface area contributed by atoms with Gasteiger partial charge in [0.15, 0.2) is 0 Å². The van der Waals surface area contributed by atoms with E-state index in [9.17, 15) is 0 Å². The number of ether oxygens (including phenoxy) is 1. The number of benzene rings is 2. The first kappa shape index (κ1) is 18.0. The van der Waals surface area contributed by atoms with E-state index in [2.05, 4.69) is 72.6 Å². The SMILES string of the molecule is CCC(C)[C@H](c1ccccc1OCc1ccccc1)N1CCNCC1. The van der Waals surface area contributed by atoms with Gasteiger partial charge in [0.05, 0.1) is 0 Å². The summed E-state index contributed by atoms with van der Waals surface area (Å²) in [7, 11) is 0. The predicted molar refractivity (Wildman–Crippen MR) is 104 cm³/mol. The lowest BCUT2D eigenvalue weighted by Gasteiger charge is -2.39. The van der Waals surface area contributed by atoms with Gasteiger partial charge in [0.25, 0.3) is 0 Å². The maximum absolute atomic E-state index is 6.25. The number of piperazine rings is 1. The van der Waals surface area contributed by atoms with Crippen LogP contribution < -0.4 is 10.1 Å². The summed E-state index contributed by atoms with van der Waals surface area (Å²) >= 11 is 0. The molecule has 2 aromatic rings. The van der Waals surface area contributed by atoms with Crippen LogP contribution in [0.4, 0.5) is 0 Å². The minimum atomic E-state index is 0.416. The molecule has 0 radical (unpaired) electrons. The van der Waals surface area contributed by atoms with Crippen molar-refractivity contribution in [3.05, 3.63) is 65.7 Å². The Bertz CT molecular complexity index is 637. The van der Waals surface area contributed by atoms with Crippen LogP contribution in [0.5, 0.6) is 5.75 Å². The molecule has 1 heterocycles. The van der Waals surface area contributed by atoms with E-state index in [0.29, 0.717) is 18.6 Å². The van der Waals surface area contributed by atoms with E-state index in [-0.39, 0.29) is 0 Å². The molecule has 1 aliphatic heterocycles. The summed E-state index contributed by atoms with van der Waals surface area (Å²) in [5, 5.41) is 3.47. The van der Waals surface area contributed by atoms with Gasteiger partial charge in [-0.05, 0) is 17.5 Å². The Hall–Kier alpha value is -1.84. The normalized spacial score (nSPS) is 17.8. The molecule has 0 bridgehead atoms. The first-order valence-corrected chi connectivity index (χ1v) is 9.50. The van der Waals surface area contributed by atoms with Crippen molar-refractivity contribution in [3.8, 4) is 5.75 Å². The zero-order valence-corrected chi connectivity index (χ0v) is 15.4. The lowest BCUT2D eigenvalue weighted by Crippen LogP contribution is -2.46. The molecular formula is C22H30N2O. The van der Waals surface area contributed by atoms with Crippen molar-refractivity contribution >= 4 is 0 Å². The lowest BCUT2D eigenvalue weighted by molar-refractivity contribution is 0.125. The summed E-state index contributed by atoms with van der Waals surface area (Å²) in [6, 6.07) is 19.4. The lowest BCUT2D eigenvalue weighted by atomic mass is 9.90. The Morgan fingerprint density at radius 2 is 1.68 bits per heavy atom. The number of nitrogens with zero attached hydrogens (tertiary/aromatic N) is 1. The highest BCUT2D eigenvalue weighted by Crippen LogP contribution is 2.36. The molecule has 0 aliphatic carbocycles. The minimum absolute atomic E-state index is 0.416. The molecule has 1 N–H and O–H groups in total. The first-order chi connectivity index (χ1) is 12.3. The summed E-state index contributed by atoms with van der Waals surface area (Å²) in [6.45, 7) is 9.60. The Morgan fingerprint density at radius 3 is 2.40 bits per heavy atom. The van der Waals surface area contributed by atoms with Crippen LogP contribution in [0.2, 0.25) is 0 Å². The number of hydrogen-bond donors (Lipinski definition) is 1. The van der Waals surface area contributed by atoms with Gasteiger partial charge in [0.1, 0.15) is 12.4 Å². The van der Waals surface area contributed by atoms with E-state index in [4.69, 9.17) is 4.74 Å². The number of hydrogen-bond acceptors (Lipinski definition) is 3. The fourth-order valence-electron chi connectivity index (χ4n) is 3.64. The minimum Gasteiger partial charge on any atom is -0.489 e. The van der Waals surface area contributed by atoms with Gasteiger partial charge in [-0.1, -0.05) is 68.8 Å². The van der Waals surface area contributed by atoms with Gasteiger partial charge in [-0.2, -0.15) is 0 Å². The van der Waals surface area contributed by atoms with E-state index >= 15 is 0 Å². The second-order valence-corrected chi connectivity index (χ2v) is 6.93. The van der Waals surface area contributed by atoms with E-state index in [0.717, 1.165) is 31.9 Å². The molecule has 0 amide bonds. The third-order valence-corrected chi connectivity index (χ3v) is 5.20. The molecule has 1 fully saturated rings. The smallest absolute Gasteiger partial charge is 0.124 e. The van der Waals surface area contributed by atoms with Gasteiger partial charge < -0.3 is 10.1 Å². The Labute approximate surface area is 152 Å². The summed E-state index contributed by atoms with van der Waals surface area (Å²) in [5.41, 5.74) is 2.54. The van der Waals surface area contributed by atoms with Crippen molar-refractivity contribution in [1.82, 2.24) is 10.2 Å². The van der Waals surface area contributed by atoms with Crippen molar-refractivity contribution in [2.45, 2.75) is 32.9 Å². The maximum Gasteiger partial charge on any atom is 0.124 e. The zero-order chi connectivity index (χ0) is 17.5. The number of para-hydroxylation sites is 1. The molecule has 3 rings (SSSR count). The third-order valence-electron chi connectivity index (χ3n) is 5.20. The molecule has 1 unspecified atom stereocenters. The van der Waals surface area contributed by atoms with Gasteiger partial charge in [0, 0.05) is 37.8 Å². The molecule has 1 aliphatic rings. The van der Waals surface area contributed by atoms with Crippen molar-refractivity contribution < 1.29 is 4.74 Å². The molecule has 25 heavy (non-hydrogen) atoms. The second-order valence-electron chi connectivity index (χ2n) is 6.93. The molecule has 2 aromatic carbocycles. The van der Waals surface area contributed by atoms with Gasteiger partial charge >= 0.3 is 0 Å². The highest BCUT2D eigenvalue weighted by Gasteiger charge is 2.28. The first-order valence-electron chi connectivity index (χ1n) is 9.50. The van der Waals surface area contributed by atoms with E-state index in [1.54, 1.807) is 0 Å². The highest BCUT2D eigenvalue weighted by atomic mass is 16.5. The average Bonchev–Trinajstić information content (AvgIpc) is 2.69. The molecule has 0 aromatic heterocycles. The van der Waals surface area contributed by atoms with Crippen LogP contribution in [0.1, 0.15) is 37.4 Å². The van der Waals surface area contributed by atoms with Crippen LogP contribution in [0.15, 0.2) is 54.6 Å².